The monoisotopic (exact) mass is 338 g/mol. The van der Waals surface area contributed by atoms with Crippen LogP contribution >= 0.6 is 12.4 Å². The lowest BCUT2D eigenvalue weighted by atomic mass is 10.0. The highest BCUT2D eigenvalue weighted by Crippen LogP contribution is 2.12. The number of rotatable bonds is 6. The highest BCUT2D eigenvalue weighted by atomic mass is 35.5. The number of amides is 1. The number of nitrogens with one attached hydrogen (secondary N) is 1. The van der Waals surface area contributed by atoms with Gasteiger partial charge in [-0.3, -0.25) is 4.79 Å². The molecule has 0 aliphatic carbocycles. The molecule has 1 aromatic carbocycles. The van der Waals surface area contributed by atoms with E-state index < -0.39 is 6.04 Å². The summed E-state index contributed by atoms with van der Waals surface area (Å²) in [6.45, 7) is 5.62. The summed E-state index contributed by atoms with van der Waals surface area (Å²) in [6.07, 6.45) is 0.569. The van der Waals surface area contributed by atoms with Gasteiger partial charge in [0.15, 0.2) is 5.82 Å². The molecule has 0 bridgehead atoms. The third kappa shape index (κ3) is 5.33. The van der Waals surface area contributed by atoms with Crippen molar-refractivity contribution in [2.45, 2.75) is 39.3 Å². The Bertz CT molecular complexity index is 616. The molecule has 23 heavy (non-hydrogen) atoms. The smallest absolute Gasteiger partial charge is 0.237 e. The van der Waals surface area contributed by atoms with E-state index in [1.165, 1.54) is 0 Å². The molecule has 2 rings (SSSR count). The number of carbonyl (C=O) groups excluding carboxylic acids is 1. The second kappa shape index (κ2) is 8.64. The molecule has 126 valence electrons. The molecule has 2 unspecified atom stereocenters. The van der Waals surface area contributed by atoms with Gasteiger partial charge in [-0.15, -0.1) is 12.4 Å². The van der Waals surface area contributed by atoms with Crippen molar-refractivity contribution in [1.29, 1.82) is 0 Å². The fraction of sp³-hybridized carbons (Fsp3) is 0.438. The van der Waals surface area contributed by atoms with Crippen molar-refractivity contribution in [2.75, 3.05) is 0 Å². The van der Waals surface area contributed by atoms with Crippen molar-refractivity contribution in [2.24, 2.45) is 11.7 Å². The van der Waals surface area contributed by atoms with Crippen LogP contribution in [0.2, 0.25) is 0 Å². The molecule has 7 heteroatoms. The van der Waals surface area contributed by atoms with Crippen LogP contribution in [0.4, 0.5) is 0 Å². The summed E-state index contributed by atoms with van der Waals surface area (Å²) in [5.74, 6) is 0.841. The summed E-state index contributed by atoms with van der Waals surface area (Å²) in [6, 6.07) is 8.99. The van der Waals surface area contributed by atoms with Gasteiger partial charge in [0.1, 0.15) is 0 Å². The normalized spacial score (nSPS) is 13.3. The maximum Gasteiger partial charge on any atom is 0.237 e. The van der Waals surface area contributed by atoms with Gasteiger partial charge in [-0.2, -0.15) is 4.98 Å². The second-order valence-electron chi connectivity index (χ2n) is 5.71. The van der Waals surface area contributed by atoms with Gasteiger partial charge in [0, 0.05) is 0 Å². The maximum atomic E-state index is 11.9. The molecule has 1 amide bonds. The van der Waals surface area contributed by atoms with Crippen LogP contribution in [-0.4, -0.2) is 22.1 Å². The van der Waals surface area contributed by atoms with Gasteiger partial charge < -0.3 is 15.6 Å². The van der Waals surface area contributed by atoms with Crippen LogP contribution in [0.5, 0.6) is 0 Å². The fourth-order valence-corrected chi connectivity index (χ4v) is 1.96. The summed E-state index contributed by atoms with van der Waals surface area (Å²) < 4.78 is 5.24. The Morgan fingerprint density at radius 1 is 1.26 bits per heavy atom. The highest BCUT2D eigenvalue weighted by molar-refractivity contribution is 5.85. The largest absolute Gasteiger partial charge is 0.345 e. The van der Waals surface area contributed by atoms with Gasteiger partial charge in [0.05, 0.1) is 18.5 Å². The minimum atomic E-state index is -0.543. The maximum absolute atomic E-state index is 11.9. The third-order valence-corrected chi connectivity index (χ3v) is 3.45. The zero-order valence-corrected chi connectivity index (χ0v) is 14.3. The predicted molar refractivity (Wildman–Crippen MR) is 90.2 cm³/mol. The van der Waals surface area contributed by atoms with Crippen molar-refractivity contribution in [3.63, 3.8) is 0 Å². The molecule has 3 N–H and O–H groups in total. The number of hydrogen-bond acceptors (Lipinski definition) is 5. The molecule has 0 aliphatic heterocycles. The molecule has 0 saturated heterocycles. The van der Waals surface area contributed by atoms with Crippen LogP contribution in [0.15, 0.2) is 34.9 Å². The first-order valence-corrected chi connectivity index (χ1v) is 7.39. The molecule has 2 aromatic rings. The molecule has 1 heterocycles. The lowest BCUT2D eigenvalue weighted by Gasteiger charge is -2.17. The van der Waals surface area contributed by atoms with Crippen molar-refractivity contribution >= 4 is 18.3 Å². The SMILES string of the molecule is CC(NC(=O)C(N)C(C)C)c1noc(Cc2ccccc2)n1.Cl. The second-order valence-corrected chi connectivity index (χ2v) is 5.71. The molecule has 0 fully saturated rings. The number of halogens is 1. The first-order valence-electron chi connectivity index (χ1n) is 7.39. The third-order valence-electron chi connectivity index (χ3n) is 3.45. The average molecular weight is 339 g/mol. The van der Waals surface area contributed by atoms with Crippen LogP contribution < -0.4 is 11.1 Å². The molecule has 0 saturated carbocycles. The molecule has 0 radical (unpaired) electrons. The van der Waals surface area contributed by atoms with Crippen LogP contribution in [0.1, 0.15) is 44.1 Å². The lowest BCUT2D eigenvalue weighted by molar-refractivity contribution is -0.123. The Morgan fingerprint density at radius 3 is 2.52 bits per heavy atom. The number of benzene rings is 1. The Morgan fingerprint density at radius 2 is 1.91 bits per heavy atom. The van der Waals surface area contributed by atoms with Gasteiger partial charge in [-0.25, -0.2) is 0 Å². The van der Waals surface area contributed by atoms with Gasteiger partial charge in [0.25, 0.3) is 0 Å². The first-order chi connectivity index (χ1) is 10.5. The van der Waals surface area contributed by atoms with E-state index in [1.807, 2.05) is 51.1 Å². The van der Waals surface area contributed by atoms with Crippen LogP contribution in [0, 0.1) is 5.92 Å². The number of aromatic nitrogens is 2. The number of nitrogens with two attached hydrogens (primary N) is 1. The number of hydrogen-bond donors (Lipinski definition) is 2. The summed E-state index contributed by atoms with van der Waals surface area (Å²) in [5, 5.41) is 6.73. The summed E-state index contributed by atoms with van der Waals surface area (Å²) in [5.41, 5.74) is 6.91. The average Bonchev–Trinajstić information content (AvgIpc) is 2.96. The van der Waals surface area contributed by atoms with Crippen LogP contribution in [0.25, 0.3) is 0 Å². The summed E-state index contributed by atoms with van der Waals surface area (Å²) in [4.78, 5) is 16.3. The zero-order chi connectivity index (χ0) is 16.1. The Balaban J connectivity index is 0.00000264. The van der Waals surface area contributed by atoms with E-state index in [1.54, 1.807) is 0 Å². The first kappa shape index (κ1) is 19.1. The topological polar surface area (TPSA) is 94.0 Å². The molecule has 1 aromatic heterocycles. The van der Waals surface area contributed by atoms with E-state index in [-0.39, 0.29) is 30.3 Å². The van der Waals surface area contributed by atoms with E-state index in [0.29, 0.717) is 18.1 Å². The van der Waals surface area contributed by atoms with Gasteiger partial charge in [-0.1, -0.05) is 49.3 Å². The molecule has 0 aliphatic rings. The Hall–Kier alpha value is -1.92. The molecule has 6 nitrogen and oxygen atoms in total. The van der Waals surface area contributed by atoms with Crippen molar-refractivity contribution < 1.29 is 9.32 Å². The van der Waals surface area contributed by atoms with Crippen LogP contribution in [0.3, 0.4) is 0 Å². The molecule has 2 atom stereocenters. The quantitative estimate of drug-likeness (QED) is 0.842. The molecule has 0 spiro atoms. The van der Waals surface area contributed by atoms with Gasteiger partial charge in [-0.05, 0) is 18.4 Å². The van der Waals surface area contributed by atoms with E-state index in [4.69, 9.17) is 10.3 Å². The number of nitrogens with zero attached hydrogens (tertiary/aromatic N) is 2. The van der Waals surface area contributed by atoms with E-state index in [2.05, 4.69) is 15.5 Å². The van der Waals surface area contributed by atoms with Crippen molar-refractivity contribution in [1.82, 2.24) is 15.5 Å². The number of carbonyl (C=O) groups is 1. The van der Waals surface area contributed by atoms with Crippen molar-refractivity contribution in [3.8, 4) is 0 Å². The van der Waals surface area contributed by atoms with E-state index in [9.17, 15) is 4.79 Å². The van der Waals surface area contributed by atoms with Crippen LogP contribution in [-0.2, 0) is 11.2 Å². The van der Waals surface area contributed by atoms with E-state index in [0.717, 1.165) is 5.56 Å². The Labute approximate surface area is 142 Å². The van der Waals surface area contributed by atoms with Gasteiger partial charge >= 0.3 is 0 Å². The molecular weight excluding hydrogens is 316 g/mol. The summed E-state index contributed by atoms with van der Waals surface area (Å²) >= 11 is 0. The zero-order valence-electron chi connectivity index (χ0n) is 13.5. The van der Waals surface area contributed by atoms with E-state index >= 15 is 0 Å². The minimum absolute atomic E-state index is 0. The fourth-order valence-electron chi connectivity index (χ4n) is 1.96. The highest BCUT2D eigenvalue weighted by Gasteiger charge is 2.22. The molecular formula is C16H23ClN4O2. The van der Waals surface area contributed by atoms with Crippen molar-refractivity contribution in [3.05, 3.63) is 47.6 Å². The van der Waals surface area contributed by atoms with Gasteiger partial charge in [0.2, 0.25) is 11.8 Å². The minimum Gasteiger partial charge on any atom is -0.345 e. The summed E-state index contributed by atoms with van der Waals surface area (Å²) in [7, 11) is 0. The predicted octanol–water partition coefficient (Wildman–Crippen LogP) is 2.24. The Kier molecular flexibility index (Phi) is 7.19. The standard InChI is InChI=1S/C16H22N4O2.ClH/c1-10(2)14(17)16(21)18-11(3)15-19-13(22-20-15)9-12-7-5-4-6-8-12;/h4-8,10-11,14H,9,17H2,1-3H3,(H,18,21);1H. The lowest BCUT2D eigenvalue weighted by Crippen LogP contribution is -2.44.